The van der Waals surface area contributed by atoms with Crippen LogP contribution in [0, 0.1) is 0 Å². The molecule has 3 heteroatoms. The lowest BCUT2D eigenvalue weighted by atomic mass is 9.93. The van der Waals surface area contributed by atoms with Crippen molar-refractivity contribution < 1.29 is 14.6 Å². The van der Waals surface area contributed by atoms with Gasteiger partial charge in [0.2, 0.25) is 0 Å². The van der Waals surface area contributed by atoms with E-state index >= 15 is 0 Å². The predicted molar refractivity (Wildman–Crippen MR) is 66.9 cm³/mol. The Labute approximate surface area is 102 Å². The summed E-state index contributed by atoms with van der Waals surface area (Å²) in [5.74, 6) is -0.245. The number of ether oxygens (including phenoxy) is 1. The van der Waals surface area contributed by atoms with Crippen molar-refractivity contribution in [3.05, 3.63) is 34.9 Å². The zero-order valence-electron chi connectivity index (χ0n) is 10.9. The third kappa shape index (κ3) is 3.07. The number of carbonyl (C=O) groups is 1. The van der Waals surface area contributed by atoms with Gasteiger partial charge in [-0.1, -0.05) is 39.0 Å². The first-order chi connectivity index (χ1) is 8.01. The topological polar surface area (TPSA) is 46.5 Å². The van der Waals surface area contributed by atoms with Crippen LogP contribution >= 0.6 is 0 Å². The molecule has 1 aromatic carbocycles. The maximum Gasteiger partial charge on any atom is 0.339 e. The molecule has 1 aromatic rings. The third-order valence-corrected chi connectivity index (χ3v) is 2.94. The maximum atomic E-state index is 11.4. The van der Waals surface area contributed by atoms with E-state index in [1.54, 1.807) is 0 Å². The summed E-state index contributed by atoms with van der Waals surface area (Å²) in [6.45, 7) is 6.16. The number of aryl methyl sites for hydroxylation is 1. The first kappa shape index (κ1) is 13.7. The van der Waals surface area contributed by atoms with E-state index in [0.717, 1.165) is 17.5 Å². The fourth-order valence-corrected chi connectivity index (χ4v) is 1.79. The third-order valence-electron chi connectivity index (χ3n) is 2.94. The Hall–Kier alpha value is -1.35. The van der Waals surface area contributed by atoms with Gasteiger partial charge in [0, 0.05) is 0 Å². The number of aliphatic hydroxyl groups is 1. The summed E-state index contributed by atoms with van der Waals surface area (Å²) < 4.78 is 4.58. The summed E-state index contributed by atoms with van der Waals surface area (Å²) in [7, 11) is 1.28. The monoisotopic (exact) mass is 236 g/mol. The molecule has 0 heterocycles. The average Bonchev–Trinajstić information content (AvgIpc) is 2.35. The van der Waals surface area contributed by atoms with Crippen molar-refractivity contribution >= 4 is 5.97 Å². The summed E-state index contributed by atoms with van der Waals surface area (Å²) >= 11 is 0. The highest BCUT2D eigenvalue weighted by molar-refractivity contribution is 5.76. The molecule has 0 aromatic heterocycles. The smallest absolute Gasteiger partial charge is 0.339 e. The average molecular weight is 236 g/mol. The largest absolute Gasteiger partial charge is 0.467 e. The van der Waals surface area contributed by atoms with Gasteiger partial charge in [0.1, 0.15) is 0 Å². The second kappa shape index (κ2) is 5.82. The van der Waals surface area contributed by atoms with Crippen LogP contribution in [-0.4, -0.2) is 18.2 Å². The molecule has 1 N–H and O–H groups in total. The van der Waals surface area contributed by atoms with E-state index in [0.29, 0.717) is 11.5 Å². The Bertz CT molecular complexity index is 396. The van der Waals surface area contributed by atoms with Gasteiger partial charge in [-0.15, -0.1) is 0 Å². The van der Waals surface area contributed by atoms with Gasteiger partial charge in [-0.2, -0.15) is 0 Å². The lowest BCUT2D eigenvalue weighted by molar-refractivity contribution is -0.150. The molecule has 0 fully saturated rings. The van der Waals surface area contributed by atoms with Crippen LogP contribution in [0.25, 0.3) is 0 Å². The second-order valence-corrected chi connectivity index (χ2v) is 4.39. The van der Waals surface area contributed by atoms with Gasteiger partial charge in [-0.05, 0) is 29.0 Å². The molecule has 0 radical (unpaired) electrons. The lowest BCUT2D eigenvalue weighted by Crippen LogP contribution is -2.15. The van der Waals surface area contributed by atoms with E-state index in [1.165, 1.54) is 7.11 Å². The van der Waals surface area contributed by atoms with E-state index in [4.69, 9.17) is 0 Å². The van der Waals surface area contributed by atoms with Crippen molar-refractivity contribution in [1.82, 2.24) is 0 Å². The summed E-state index contributed by atoms with van der Waals surface area (Å²) in [5.41, 5.74) is 2.75. The number of hydrogen-bond donors (Lipinski definition) is 1. The molecule has 0 saturated heterocycles. The maximum absolute atomic E-state index is 11.4. The van der Waals surface area contributed by atoms with Crippen molar-refractivity contribution in [3.8, 4) is 0 Å². The standard InChI is InChI=1S/C14H20O3/c1-5-10-6-7-11(9(2)3)8-12(10)13(15)14(16)17-4/h6-9,13,15H,5H2,1-4H3. The highest BCUT2D eigenvalue weighted by atomic mass is 16.5. The molecule has 0 spiro atoms. The Morgan fingerprint density at radius 2 is 2.06 bits per heavy atom. The highest BCUT2D eigenvalue weighted by Gasteiger charge is 2.21. The van der Waals surface area contributed by atoms with E-state index in [-0.39, 0.29) is 0 Å². The molecule has 0 aliphatic carbocycles. The number of carbonyl (C=O) groups excluding carboxylic acids is 1. The SMILES string of the molecule is CCc1ccc(C(C)C)cc1C(O)C(=O)OC. The molecule has 0 aliphatic rings. The first-order valence-corrected chi connectivity index (χ1v) is 5.89. The van der Waals surface area contributed by atoms with Crippen molar-refractivity contribution in [2.24, 2.45) is 0 Å². The molecular formula is C14H20O3. The lowest BCUT2D eigenvalue weighted by Gasteiger charge is -2.16. The summed E-state index contributed by atoms with van der Waals surface area (Å²) in [6.07, 6.45) is -0.407. The van der Waals surface area contributed by atoms with Crippen LogP contribution in [-0.2, 0) is 16.0 Å². The molecule has 0 amide bonds. The van der Waals surface area contributed by atoms with E-state index in [2.05, 4.69) is 18.6 Å². The Morgan fingerprint density at radius 3 is 2.53 bits per heavy atom. The first-order valence-electron chi connectivity index (χ1n) is 5.89. The molecule has 0 bridgehead atoms. The van der Waals surface area contributed by atoms with Gasteiger partial charge >= 0.3 is 5.97 Å². The van der Waals surface area contributed by atoms with Gasteiger partial charge in [0.15, 0.2) is 6.10 Å². The fourth-order valence-electron chi connectivity index (χ4n) is 1.79. The van der Waals surface area contributed by atoms with Crippen LogP contribution in [0.2, 0.25) is 0 Å². The van der Waals surface area contributed by atoms with E-state index in [9.17, 15) is 9.90 Å². The van der Waals surface area contributed by atoms with Gasteiger partial charge in [-0.25, -0.2) is 4.79 Å². The van der Waals surface area contributed by atoms with Crippen LogP contribution in [0.15, 0.2) is 18.2 Å². The zero-order chi connectivity index (χ0) is 13.0. The molecule has 0 saturated carbocycles. The highest BCUT2D eigenvalue weighted by Crippen LogP contribution is 2.25. The van der Waals surface area contributed by atoms with Crippen LogP contribution in [0.5, 0.6) is 0 Å². The van der Waals surface area contributed by atoms with Crippen molar-refractivity contribution in [1.29, 1.82) is 0 Å². The molecule has 1 unspecified atom stereocenters. The number of benzene rings is 1. The molecule has 1 atom stereocenters. The number of rotatable bonds is 4. The molecule has 1 rings (SSSR count). The van der Waals surface area contributed by atoms with E-state index < -0.39 is 12.1 Å². The molecule has 94 valence electrons. The summed E-state index contributed by atoms with van der Waals surface area (Å²) in [5, 5.41) is 9.93. The Balaban J connectivity index is 3.18. The van der Waals surface area contributed by atoms with Gasteiger partial charge in [0.25, 0.3) is 0 Å². The van der Waals surface area contributed by atoms with Crippen molar-refractivity contribution in [2.75, 3.05) is 7.11 Å². The van der Waals surface area contributed by atoms with Crippen LogP contribution in [0.1, 0.15) is 49.5 Å². The van der Waals surface area contributed by atoms with Gasteiger partial charge in [0.05, 0.1) is 7.11 Å². The van der Waals surface area contributed by atoms with Crippen molar-refractivity contribution in [2.45, 2.75) is 39.2 Å². The Kier molecular flexibility index (Phi) is 4.70. The number of hydrogen-bond acceptors (Lipinski definition) is 3. The van der Waals surface area contributed by atoms with Crippen LogP contribution in [0.3, 0.4) is 0 Å². The molecular weight excluding hydrogens is 216 g/mol. The fraction of sp³-hybridized carbons (Fsp3) is 0.500. The van der Waals surface area contributed by atoms with Crippen LogP contribution in [0.4, 0.5) is 0 Å². The minimum Gasteiger partial charge on any atom is -0.467 e. The minimum atomic E-state index is -1.19. The molecule has 0 aliphatic heterocycles. The molecule has 17 heavy (non-hydrogen) atoms. The number of methoxy groups -OCH3 is 1. The van der Waals surface area contributed by atoms with Crippen LogP contribution < -0.4 is 0 Å². The van der Waals surface area contributed by atoms with Crippen molar-refractivity contribution in [3.63, 3.8) is 0 Å². The Morgan fingerprint density at radius 1 is 1.41 bits per heavy atom. The normalized spacial score (nSPS) is 12.6. The summed E-state index contributed by atoms with van der Waals surface area (Å²) in [6, 6.07) is 5.90. The van der Waals surface area contributed by atoms with Gasteiger partial charge in [-0.3, -0.25) is 0 Å². The minimum absolute atomic E-state index is 0.365. The van der Waals surface area contributed by atoms with Gasteiger partial charge < -0.3 is 9.84 Å². The quantitative estimate of drug-likeness (QED) is 0.817. The zero-order valence-corrected chi connectivity index (χ0v) is 10.9. The molecule has 3 nitrogen and oxygen atoms in total. The van der Waals surface area contributed by atoms with E-state index in [1.807, 2.05) is 25.1 Å². The second-order valence-electron chi connectivity index (χ2n) is 4.39. The predicted octanol–water partition coefficient (Wildman–Crippen LogP) is 2.58. The number of aliphatic hydroxyl groups excluding tert-OH is 1. The number of esters is 1. The summed E-state index contributed by atoms with van der Waals surface area (Å²) in [4.78, 5) is 11.4.